The largest absolute Gasteiger partial charge is 0.317 e. The van der Waals surface area contributed by atoms with Crippen molar-refractivity contribution in [2.75, 3.05) is 13.1 Å². The summed E-state index contributed by atoms with van der Waals surface area (Å²) in [5.74, 6) is 0. The predicted molar refractivity (Wildman–Crippen MR) is 71.3 cm³/mol. The summed E-state index contributed by atoms with van der Waals surface area (Å²) in [5.41, 5.74) is 3.13. The molecule has 1 unspecified atom stereocenters. The van der Waals surface area contributed by atoms with E-state index in [2.05, 4.69) is 34.9 Å². The van der Waals surface area contributed by atoms with Gasteiger partial charge in [0.1, 0.15) is 0 Å². The topological polar surface area (TPSA) is 24.1 Å². The van der Waals surface area contributed by atoms with E-state index in [0.717, 1.165) is 6.04 Å². The first kappa shape index (κ1) is 11.2. The van der Waals surface area contributed by atoms with Gasteiger partial charge in [-0.05, 0) is 56.3 Å². The quantitative estimate of drug-likeness (QED) is 0.810. The molecule has 92 valence electrons. The maximum absolute atomic E-state index is 3.86. The van der Waals surface area contributed by atoms with Crippen LogP contribution in [0.2, 0.25) is 0 Å². The molecule has 1 saturated heterocycles. The van der Waals surface area contributed by atoms with Crippen molar-refractivity contribution in [3.05, 3.63) is 35.4 Å². The van der Waals surface area contributed by atoms with Gasteiger partial charge in [-0.1, -0.05) is 24.3 Å². The lowest BCUT2D eigenvalue weighted by molar-refractivity contribution is 0.330. The monoisotopic (exact) mass is 230 g/mol. The van der Waals surface area contributed by atoms with Crippen molar-refractivity contribution >= 4 is 0 Å². The molecular weight excluding hydrogens is 208 g/mol. The second kappa shape index (κ2) is 5.19. The smallest absolute Gasteiger partial charge is 0.0113 e. The number of piperidine rings is 1. The minimum absolute atomic E-state index is 0.702. The number of fused-ring (bicyclic) bond motifs is 1. The molecule has 2 heteroatoms. The van der Waals surface area contributed by atoms with Crippen molar-refractivity contribution in [1.29, 1.82) is 0 Å². The third-order valence-electron chi connectivity index (χ3n) is 4.16. The Labute approximate surface area is 104 Å². The van der Waals surface area contributed by atoms with E-state index < -0.39 is 0 Å². The second-order valence-corrected chi connectivity index (χ2v) is 5.40. The molecule has 2 nitrogen and oxygen atoms in total. The van der Waals surface area contributed by atoms with Crippen LogP contribution in [0.4, 0.5) is 0 Å². The van der Waals surface area contributed by atoms with Gasteiger partial charge in [-0.2, -0.15) is 0 Å². The summed E-state index contributed by atoms with van der Waals surface area (Å²) in [6, 6.07) is 10.4. The first-order chi connectivity index (χ1) is 8.42. The zero-order valence-electron chi connectivity index (χ0n) is 10.4. The van der Waals surface area contributed by atoms with Gasteiger partial charge in [-0.3, -0.25) is 0 Å². The number of hydrogen-bond donors (Lipinski definition) is 2. The molecule has 1 fully saturated rings. The number of nitrogens with one attached hydrogen (secondary N) is 2. The van der Waals surface area contributed by atoms with Crippen LogP contribution in [-0.2, 0) is 12.8 Å². The van der Waals surface area contributed by atoms with Crippen molar-refractivity contribution in [1.82, 2.24) is 10.6 Å². The van der Waals surface area contributed by atoms with Crippen LogP contribution < -0.4 is 10.6 Å². The van der Waals surface area contributed by atoms with E-state index in [9.17, 15) is 0 Å². The molecule has 1 atom stereocenters. The summed E-state index contributed by atoms with van der Waals surface area (Å²) in [5, 5.41) is 7.29. The number of hydrogen-bond acceptors (Lipinski definition) is 2. The molecule has 2 N–H and O–H groups in total. The molecule has 1 heterocycles. The van der Waals surface area contributed by atoms with Gasteiger partial charge < -0.3 is 10.6 Å². The fraction of sp³-hybridized carbons (Fsp3) is 0.600. The fourth-order valence-electron chi connectivity index (χ4n) is 3.16. The molecular formula is C15H22N2. The summed E-state index contributed by atoms with van der Waals surface area (Å²) in [7, 11) is 0. The lowest BCUT2D eigenvalue weighted by atomic mass is 9.87. The molecule has 0 spiro atoms. The molecule has 0 aromatic heterocycles. The Balaban J connectivity index is 1.60. The minimum atomic E-state index is 0.702. The van der Waals surface area contributed by atoms with Crippen molar-refractivity contribution in [3.63, 3.8) is 0 Å². The van der Waals surface area contributed by atoms with Crippen LogP contribution in [0.5, 0.6) is 0 Å². The van der Waals surface area contributed by atoms with E-state index in [4.69, 9.17) is 0 Å². The zero-order valence-corrected chi connectivity index (χ0v) is 10.4. The summed E-state index contributed by atoms with van der Waals surface area (Å²) < 4.78 is 0. The van der Waals surface area contributed by atoms with Gasteiger partial charge in [-0.15, -0.1) is 0 Å². The Morgan fingerprint density at radius 1 is 0.941 bits per heavy atom. The van der Waals surface area contributed by atoms with E-state index in [1.807, 2.05) is 0 Å². The van der Waals surface area contributed by atoms with Crippen molar-refractivity contribution in [2.45, 2.75) is 44.2 Å². The van der Waals surface area contributed by atoms with Gasteiger partial charge in [0.25, 0.3) is 0 Å². The molecule has 1 aliphatic carbocycles. The molecule has 1 aliphatic heterocycles. The maximum atomic E-state index is 3.86. The molecule has 2 aliphatic rings. The van der Waals surface area contributed by atoms with Crippen LogP contribution in [0.1, 0.15) is 30.4 Å². The van der Waals surface area contributed by atoms with Gasteiger partial charge in [0.2, 0.25) is 0 Å². The number of aryl methyl sites for hydroxylation is 1. The van der Waals surface area contributed by atoms with Gasteiger partial charge >= 0.3 is 0 Å². The SMILES string of the molecule is c1ccc2c(c1)CCC(NC1CCNCC1)C2. The van der Waals surface area contributed by atoms with Crippen LogP contribution >= 0.6 is 0 Å². The van der Waals surface area contributed by atoms with Crippen LogP contribution in [0.25, 0.3) is 0 Å². The molecule has 1 aromatic carbocycles. The predicted octanol–water partition coefficient (Wildman–Crippen LogP) is 1.89. The molecule has 0 amide bonds. The standard InChI is InChI=1S/C15H22N2/c1-2-4-13-11-15(6-5-12(13)3-1)17-14-7-9-16-10-8-14/h1-4,14-17H,5-11H2. The summed E-state index contributed by atoms with van der Waals surface area (Å²) in [6.07, 6.45) is 6.36. The highest BCUT2D eigenvalue weighted by Gasteiger charge is 2.21. The molecule has 0 radical (unpaired) electrons. The second-order valence-electron chi connectivity index (χ2n) is 5.40. The average Bonchev–Trinajstić information content (AvgIpc) is 2.40. The van der Waals surface area contributed by atoms with Crippen LogP contribution in [0, 0.1) is 0 Å². The zero-order chi connectivity index (χ0) is 11.5. The van der Waals surface area contributed by atoms with Gasteiger partial charge in [0.15, 0.2) is 0 Å². The highest BCUT2D eigenvalue weighted by Crippen LogP contribution is 2.21. The summed E-state index contributed by atoms with van der Waals surface area (Å²) >= 11 is 0. The van der Waals surface area contributed by atoms with Crippen LogP contribution in [-0.4, -0.2) is 25.2 Å². The molecule has 0 bridgehead atoms. The molecule has 0 saturated carbocycles. The lowest BCUT2D eigenvalue weighted by Crippen LogP contribution is -2.46. The Kier molecular flexibility index (Phi) is 3.44. The maximum Gasteiger partial charge on any atom is 0.0113 e. The fourth-order valence-corrected chi connectivity index (χ4v) is 3.16. The van der Waals surface area contributed by atoms with Gasteiger partial charge in [0, 0.05) is 12.1 Å². The van der Waals surface area contributed by atoms with E-state index in [1.54, 1.807) is 11.1 Å². The Bertz CT molecular complexity index is 369. The Morgan fingerprint density at radius 2 is 1.71 bits per heavy atom. The molecule has 3 rings (SSSR count). The van der Waals surface area contributed by atoms with E-state index in [1.165, 1.54) is 45.2 Å². The number of rotatable bonds is 2. The first-order valence-electron chi connectivity index (χ1n) is 6.95. The average molecular weight is 230 g/mol. The van der Waals surface area contributed by atoms with Crippen molar-refractivity contribution in [2.24, 2.45) is 0 Å². The molecule has 17 heavy (non-hydrogen) atoms. The third kappa shape index (κ3) is 2.70. The third-order valence-corrected chi connectivity index (χ3v) is 4.16. The summed E-state index contributed by atoms with van der Waals surface area (Å²) in [6.45, 7) is 2.36. The lowest BCUT2D eigenvalue weighted by Gasteiger charge is -2.32. The number of benzene rings is 1. The first-order valence-corrected chi connectivity index (χ1v) is 6.95. The van der Waals surface area contributed by atoms with Crippen LogP contribution in [0.15, 0.2) is 24.3 Å². The van der Waals surface area contributed by atoms with Crippen molar-refractivity contribution < 1.29 is 0 Å². The van der Waals surface area contributed by atoms with Gasteiger partial charge in [-0.25, -0.2) is 0 Å². The Hall–Kier alpha value is -0.860. The van der Waals surface area contributed by atoms with E-state index in [-0.39, 0.29) is 0 Å². The minimum Gasteiger partial charge on any atom is -0.317 e. The summed E-state index contributed by atoms with van der Waals surface area (Å²) in [4.78, 5) is 0. The normalized spacial score (nSPS) is 25.5. The van der Waals surface area contributed by atoms with Gasteiger partial charge in [0.05, 0.1) is 0 Å². The highest BCUT2D eigenvalue weighted by atomic mass is 15.0. The molecule has 1 aromatic rings. The van der Waals surface area contributed by atoms with Crippen LogP contribution in [0.3, 0.4) is 0 Å². The highest BCUT2D eigenvalue weighted by molar-refractivity contribution is 5.30. The van der Waals surface area contributed by atoms with E-state index >= 15 is 0 Å². The Morgan fingerprint density at radius 3 is 2.53 bits per heavy atom. The van der Waals surface area contributed by atoms with Crippen molar-refractivity contribution in [3.8, 4) is 0 Å². The van der Waals surface area contributed by atoms with E-state index in [0.29, 0.717) is 6.04 Å².